The number of rotatable bonds is 8. The molecule has 3 aromatic carbocycles. The van der Waals surface area contributed by atoms with Crippen LogP contribution < -0.4 is 5.32 Å². The Bertz CT molecular complexity index is 1590. The minimum atomic E-state index is -0.553. The number of carbonyl (C=O) groups is 1. The number of non-ortho nitro benzene ring substituents is 1. The van der Waals surface area contributed by atoms with E-state index in [9.17, 15) is 14.9 Å². The molecule has 0 amide bonds. The molecule has 1 N–H and O–H groups in total. The third-order valence-electron chi connectivity index (χ3n) is 6.94. The predicted molar refractivity (Wildman–Crippen MR) is 155 cm³/mol. The highest BCUT2D eigenvalue weighted by atomic mass is 35.5. The first-order valence-corrected chi connectivity index (χ1v) is 13.7. The number of carbonyl (C=O) groups excluding carboxylic acids is 1. The first-order valence-electron chi connectivity index (χ1n) is 12.9. The van der Waals surface area contributed by atoms with Crippen molar-refractivity contribution in [3.05, 3.63) is 115 Å². The molecule has 0 radical (unpaired) electrons. The van der Waals surface area contributed by atoms with Gasteiger partial charge >= 0.3 is 5.97 Å². The molecule has 5 rings (SSSR count). The van der Waals surface area contributed by atoms with Gasteiger partial charge in [0.15, 0.2) is 0 Å². The lowest BCUT2D eigenvalue weighted by Gasteiger charge is -2.24. The van der Waals surface area contributed by atoms with Crippen LogP contribution in [-0.2, 0) is 24.0 Å². The van der Waals surface area contributed by atoms with Gasteiger partial charge in [0.1, 0.15) is 11.9 Å². The fourth-order valence-electron chi connectivity index (χ4n) is 4.92. The number of nitro groups is 1. The molecule has 204 valence electrons. The first kappa shape index (κ1) is 27.6. The lowest BCUT2D eigenvalue weighted by Crippen LogP contribution is -2.28. The minimum Gasteiger partial charge on any atom is -0.456 e. The number of nitrogens with zero attached hydrogens (tertiary/aromatic N) is 3. The standard InChI is InChI=1S/C30H26Cl2N4O4/c1-3-24-27(22-14-11-19(31)16-23(22)32)33-25(4-2)29(34-24)35-28-21-8-6-5-7-18(21)15-26(28)40-30(37)17-9-12-20(13-10-17)36(38)39/h5-14,16,26,28H,3-4,15H2,1-2H3,(H,34,35)/t26-,28+/m1/s1. The zero-order chi connectivity index (χ0) is 28.4. The number of nitrogens with one attached hydrogen (secondary N) is 1. The Balaban J connectivity index is 1.47. The number of benzene rings is 3. The molecule has 4 aromatic rings. The maximum Gasteiger partial charge on any atom is 0.338 e. The van der Waals surface area contributed by atoms with E-state index in [4.69, 9.17) is 37.9 Å². The quantitative estimate of drug-likeness (QED) is 0.132. The van der Waals surface area contributed by atoms with Crippen molar-refractivity contribution in [2.75, 3.05) is 5.32 Å². The summed E-state index contributed by atoms with van der Waals surface area (Å²) in [7, 11) is 0. The molecule has 0 bridgehead atoms. The van der Waals surface area contributed by atoms with Crippen molar-refractivity contribution in [3.8, 4) is 11.3 Å². The molecule has 1 heterocycles. The maximum atomic E-state index is 13.0. The largest absolute Gasteiger partial charge is 0.456 e. The molecule has 0 saturated carbocycles. The van der Waals surface area contributed by atoms with E-state index < -0.39 is 17.0 Å². The van der Waals surface area contributed by atoms with E-state index in [-0.39, 0.29) is 17.3 Å². The average molecular weight is 577 g/mol. The van der Waals surface area contributed by atoms with E-state index in [1.165, 1.54) is 24.3 Å². The number of hydrogen-bond donors (Lipinski definition) is 1. The summed E-state index contributed by atoms with van der Waals surface area (Å²) in [6.45, 7) is 4.01. The van der Waals surface area contributed by atoms with Crippen LogP contribution in [0.3, 0.4) is 0 Å². The van der Waals surface area contributed by atoms with Gasteiger partial charge in [0.05, 0.1) is 38.6 Å². The molecule has 40 heavy (non-hydrogen) atoms. The minimum absolute atomic E-state index is 0.0925. The molecule has 1 aliphatic carbocycles. The van der Waals surface area contributed by atoms with Crippen molar-refractivity contribution in [2.24, 2.45) is 0 Å². The zero-order valence-electron chi connectivity index (χ0n) is 21.9. The summed E-state index contributed by atoms with van der Waals surface area (Å²) in [5.41, 5.74) is 5.22. The van der Waals surface area contributed by atoms with E-state index in [0.717, 1.165) is 28.1 Å². The smallest absolute Gasteiger partial charge is 0.338 e. The van der Waals surface area contributed by atoms with Gasteiger partial charge in [0, 0.05) is 29.1 Å². The summed E-state index contributed by atoms with van der Waals surface area (Å²) in [6.07, 6.45) is 1.22. The van der Waals surface area contributed by atoms with Crippen LogP contribution in [0.2, 0.25) is 10.0 Å². The van der Waals surface area contributed by atoms with Gasteiger partial charge in [-0.3, -0.25) is 10.1 Å². The molecule has 1 aromatic heterocycles. The molecular weight excluding hydrogens is 551 g/mol. The van der Waals surface area contributed by atoms with E-state index in [1.807, 2.05) is 44.2 Å². The Morgan fingerprint density at radius 3 is 2.42 bits per heavy atom. The van der Waals surface area contributed by atoms with Gasteiger partial charge in [-0.25, -0.2) is 14.8 Å². The van der Waals surface area contributed by atoms with Gasteiger partial charge in [-0.2, -0.15) is 0 Å². The first-order chi connectivity index (χ1) is 19.3. The molecule has 0 saturated heterocycles. The van der Waals surface area contributed by atoms with Crippen LogP contribution in [0.25, 0.3) is 11.3 Å². The van der Waals surface area contributed by atoms with Crippen LogP contribution in [0.4, 0.5) is 11.5 Å². The lowest BCUT2D eigenvalue weighted by atomic mass is 10.1. The molecule has 2 atom stereocenters. The molecule has 0 fully saturated rings. The fourth-order valence-corrected chi connectivity index (χ4v) is 5.42. The highest BCUT2D eigenvalue weighted by molar-refractivity contribution is 6.36. The van der Waals surface area contributed by atoms with Gasteiger partial charge < -0.3 is 10.1 Å². The number of nitro benzene ring substituents is 1. The molecule has 1 aliphatic rings. The van der Waals surface area contributed by atoms with Crippen LogP contribution >= 0.6 is 23.2 Å². The molecule has 8 nitrogen and oxygen atoms in total. The molecule has 0 spiro atoms. The summed E-state index contributed by atoms with van der Waals surface area (Å²) < 4.78 is 5.97. The topological polar surface area (TPSA) is 107 Å². The molecular formula is C30H26Cl2N4O4. The summed E-state index contributed by atoms with van der Waals surface area (Å²) in [5, 5.41) is 15.6. The number of hydrogen-bond acceptors (Lipinski definition) is 7. The Morgan fingerprint density at radius 2 is 1.75 bits per heavy atom. The molecule has 10 heteroatoms. The van der Waals surface area contributed by atoms with Crippen molar-refractivity contribution >= 4 is 40.7 Å². The van der Waals surface area contributed by atoms with Crippen molar-refractivity contribution in [1.29, 1.82) is 0 Å². The third kappa shape index (κ3) is 5.50. The van der Waals surface area contributed by atoms with E-state index >= 15 is 0 Å². The number of anilines is 1. The van der Waals surface area contributed by atoms with Gasteiger partial charge in [-0.15, -0.1) is 0 Å². The van der Waals surface area contributed by atoms with E-state index in [0.29, 0.717) is 40.8 Å². The van der Waals surface area contributed by atoms with E-state index in [2.05, 4.69) is 5.32 Å². The van der Waals surface area contributed by atoms with Crippen LogP contribution in [-0.4, -0.2) is 27.0 Å². The van der Waals surface area contributed by atoms with Gasteiger partial charge in [0.25, 0.3) is 5.69 Å². The number of fused-ring (bicyclic) bond motifs is 1. The normalized spacial score (nSPS) is 15.9. The maximum absolute atomic E-state index is 13.0. The SMILES string of the molecule is CCc1nc(-c2ccc(Cl)cc2Cl)c(CC)nc1N[C@H]1c2ccccc2C[C@H]1OC(=O)c1ccc([N+](=O)[O-])cc1. The Kier molecular flexibility index (Phi) is 8.00. The number of aryl methyl sites for hydroxylation is 2. The van der Waals surface area contributed by atoms with Crippen molar-refractivity contribution in [2.45, 2.75) is 45.3 Å². The lowest BCUT2D eigenvalue weighted by molar-refractivity contribution is -0.384. The number of esters is 1. The monoisotopic (exact) mass is 576 g/mol. The van der Waals surface area contributed by atoms with Crippen molar-refractivity contribution in [1.82, 2.24) is 9.97 Å². The van der Waals surface area contributed by atoms with Crippen LogP contribution in [0.1, 0.15) is 52.8 Å². The summed E-state index contributed by atoms with van der Waals surface area (Å²) in [6, 6.07) is 18.3. The number of halogens is 2. The van der Waals surface area contributed by atoms with Crippen LogP contribution in [0, 0.1) is 10.1 Å². The summed E-state index contributed by atoms with van der Waals surface area (Å²) >= 11 is 12.6. The number of aromatic nitrogens is 2. The second-order valence-corrected chi connectivity index (χ2v) is 10.3. The Morgan fingerprint density at radius 1 is 1.02 bits per heavy atom. The van der Waals surface area contributed by atoms with Gasteiger partial charge in [0.2, 0.25) is 0 Å². The molecule has 0 aliphatic heterocycles. The third-order valence-corrected chi connectivity index (χ3v) is 7.49. The van der Waals surface area contributed by atoms with Crippen molar-refractivity contribution in [3.63, 3.8) is 0 Å². The van der Waals surface area contributed by atoms with Crippen LogP contribution in [0.15, 0.2) is 66.7 Å². The summed E-state index contributed by atoms with van der Waals surface area (Å²) in [5.74, 6) is 0.0644. The van der Waals surface area contributed by atoms with Gasteiger partial charge in [-0.1, -0.05) is 61.3 Å². The number of ether oxygens (including phenoxy) is 1. The fraction of sp³-hybridized carbons (Fsp3) is 0.233. The second kappa shape index (κ2) is 11.6. The Labute approximate surface area is 241 Å². The van der Waals surface area contributed by atoms with E-state index in [1.54, 1.807) is 12.1 Å². The highest BCUT2D eigenvalue weighted by Gasteiger charge is 2.36. The average Bonchev–Trinajstić information content (AvgIpc) is 3.29. The second-order valence-electron chi connectivity index (χ2n) is 9.42. The molecule has 0 unspecified atom stereocenters. The predicted octanol–water partition coefficient (Wildman–Crippen LogP) is 7.42. The van der Waals surface area contributed by atoms with Gasteiger partial charge in [-0.05, 0) is 54.3 Å². The van der Waals surface area contributed by atoms with Crippen LogP contribution in [0.5, 0.6) is 0 Å². The highest BCUT2D eigenvalue weighted by Crippen LogP contribution is 2.38. The van der Waals surface area contributed by atoms with Crippen molar-refractivity contribution < 1.29 is 14.5 Å². The summed E-state index contributed by atoms with van der Waals surface area (Å²) in [4.78, 5) is 33.5. The zero-order valence-corrected chi connectivity index (χ0v) is 23.4. The Hall–Kier alpha value is -4.01.